The van der Waals surface area contributed by atoms with Crippen molar-refractivity contribution in [1.82, 2.24) is 20.3 Å². The fourth-order valence-electron chi connectivity index (χ4n) is 2.71. The summed E-state index contributed by atoms with van der Waals surface area (Å²) >= 11 is 6.10. The van der Waals surface area contributed by atoms with E-state index in [0.29, 0.717) is 16.4 Å². The number of aromatic nitrogens is 3. The molecule has 1 aliphatic rings. The van der Waals surface area contributed by atoms with Crippen LogP contribution in [0.25, 0.3) is 0 Å². The van der Waals surface area contributed by atoms with Gasteiger partial charge in [-0.15, -0.1) is 17.5 Å². The maximum Gasteiger partial charge on any atom is 0.277 e. The number of carbonyl (C=O) groups excluding carboxylic acids is 2. The zero-order chi connectivity index (χ0) is 17.8. The van der Waals surface area contributed by atoms with Gasteiger partial charge in [0.1, 0.15) is 0 Å². The largest absolute Gasteiger partial charge is 0.325 e. The van der Waals surface area contributed by atoms with Crippen LogP contribution in [0.3, 0.4) is 0 Å². The van der Waals surface area contributed by atoms with E-state index in [1.807, 2.05) is 0 Å². The van der Waals surface area contributed by atoms with Crippen molar-refractivity contribution in [1.29, 1.82) is 0 Å². The third-order valence-electron chi connectivity index (χ3n) is 3.96. The van der Waals surface area contributed by atoms with Gasteiger partial charge in [-0.2, -0.15) is 0 Å². The second kappa shape index (κ2) is 8.98. The molecule has 0 spiro atoms. The molecule has 3 N–H and O–H groups in total. The van der Waals surface area contributed by atoms with Gasteiger partial charge in [0.05, 0.1) is 22.9 Å². The fraction of sp³-hybridized carbons (Fsp3) is 0.375. The molecule has 0 bridgehead atoms. The zero-order valence-electron chi connectivity index (χ0n) is 14.2. The Morgan fingerprint density at radius 3 is 2.65 bits per heavy atom. The summed E-state index contributed by atoms with van der Waals surface area (Å²) < 4.78 is 1.75. The molecule has 0 radical (unpaired) electrons. The van der Waals surface area contributed by atoms with Crippen molar-refractivity contribution in [3.63, 3.8) is 0 Å². The van der Waals surface area contributed by atoms with Crippen molar-refractivity contribution in [2.75, 3.05) is 23.7 Å². The number of piperidine rings is 1. The number of nitrogens with one attached hydrogen (secondary N) is 3. The highest BCUT2D eigenvalue weighted by Gasteiger charge is 2.19. The van der Waals surface area contributed by atoms with E-state index in [-0.39, 0.29) is 36.0 Å². The summed E-state index contributed by atoms with van der Waals surface area (Å²) in [5.41, 5.74) is 1.25. The molecule has 1 aliphatic heterocycles. The first-order valence-corrected chi connectivity index (χ1v) is 8.42. The van der Waals surface area contributed by atoms with Gasteiger partial charge in [0.2, 0.25) is 5.91 Å². The van der Waals surface area contributed by atoms with E-state index in [1.54, 1.807) is 29.1 Å². The SMILES string of the molecule is CC(=O)Nc1ccc(NC(=O)c2cn(C3CCNCC3)nn2)cc1Cl.Cl. The molecular formula is C16H20Cl2N6O2. The molecule has 8 nitrogen and oxygen atoms in total. The van der Waals surface area contributed by atoms with Gasteiger partial charge in [-0.05, 0) is 44.1 Å². The molecule has 2 heterocycles. The first kappa shape index (κ1) is 20.2. The first-order chi connectivity index (χ1) is 12.0. The zero-order valence-corrected chi connectivity index (χ0v) is 15.7. The van der Waals surface area contributed by atoms with E-state index in [2.05, 4.69) is 26.3 Å². The van der Waals surface area contributed by atoms with Gasteiger partial charge in [-0.1, -0.05) is 16.8 Å². The third kappa shape index (κ3) is 4.94. The quantitative estimate of drug-likeness (QED) is 0.734. The van der Waals surface area contributed by atoms with Gasteiger partial charge < -0.3 is 16.0 Å². The Morgan fingerprint density at radius 1 is 1.27 bits per heavy atom. The lowest BCUT2D eigenvalue weighted by Gasteiger charge is -2.22. The Morgan fingerprint density at radius 2 is 2.00 bits per heavy atom. The number of amides is 2. The molecule has 0 saturated carbocycles. The summed E-state index contributed by atoms with van der Waals surface area (Å²) in [6.45, 7) is 3.27. The molecule has 3 rings (SSSR count). The molecule has 0 aliphatic carbocycles. The van der Waals surface area contributed by atoms with E-state index in [9.17, 15) is 9.59 Å². The lowest BCUT2D eigenvalue weighted by Crippen LogP contribution is -2.29. The Kier molecular flexibility index (Phi) is 6.96. The van der Waals surface area contributed by atoms with Crippen LogP contribution in [0.2, 0.25) is 5.02 Å². The van der Waals surface area contributed by atoms with Crippen LogP contribution in [-0.4, -0.2) is 39.9 Å². The normalized spacial score (nSPS) is 14.4. The van der Waals surface area contributed by atoms with Crippen LogP contribution in [0.4, 0.5) is 11.4 Å². The average Bonchev–Trinajstić information content (AvgIpc) is 3.08. The molecule has 1 aromatic carbocycles. The van der Waals surface area contributed by atoms with E-state index < -0.39 is 0 Å². The van der Waals surface area contributed by atoms with Crippen LogP contribution >= 0.6 is 24.0 Å². The summed E-state index contributed by atoms with van der Waals surface area (Å²) in [5.74, 6) is -0.572. The number of anilines is 2. The smallest absolute Gasteiger partial charge is 0.277 e. The topological polar surface area (TPSA) is 101 Å². The van der Waals surface area contributed by atoms with Gasteiger partial charge >= 0.3 is 0 Å². The van der Waals surface area contributed by atoms with Crippen LogP contribution in [0.5, 0.6) is 0 Å². The second-order valence-electron chi connectivity index (χ2n) is 5.89. The number of hydrogen-bond donors (Lipinski definition) is 3. The number of benzene rings is 1. The second-order valence-corrected chi connectivity index (χ2v) is 6.30. The predicted octanol–water partition coefficient (Wildman–Crippen LogP) is 2.49. The minimum atomic E-state index is -0.358. The summed E-state index contributed by atoms with van der Waals surface area (Å²) in [4.78, 5) is 23.4. The van der Waals surface area contributed by atoms with Gasteiger partial charge in [-0.25, -0.2) is 4.68 Å². The van der Waals surface area contributed by atoms with E-state index in [4.69, 9.17) is 11.6 Å². The highest BCUT2D eigenvalue weighted by atomic mass is 35.5. The fourth-order valence-corrected chi connectivity index (χ4v) is 2.94. The van der Waals surface area contributed by atoms with Crippen LogP contribution in [0, 0.1) is 0 Å². The van der Waals surface area contributed by atoms with Crippen LogP contribution in [-0.2, 0) is 4.79 Å². The number of carbonyl (C=O) groups is 2. The van der Waals surface area contributed by atoms with Crippen LogP contribution in [0.15, 0.2) is 24.4 Å². The highest BCUT2D eigenvalue weighted by molar-refractivity contribution is 6.34. The van der Waals surface area contributed by atoms with Crippen molar-refractivity contribution in [2.45, 2.75) is 25.8 Å². The first-order valence-electron chi connectivity index (χ1n) is 8.04. The molecule has 2 amide bonds. The number of halogens is 2. The van der Waals surface area contributed by atoms with E-state index >= 15 is 0 Å². The van der Waals surface area contributed by atoms with Crippen LogP contribution in [0.1, 0.15) is 36.3 Å². The lowest BCUT2D eigenvalue weighted by molar-refractivity contribution is -0.114. The summed E-state index contributed by atoms with van der Waals surface area (Å²) in [5, 5.41) is 17.0. The highest BCUT2D eigenvalue weighted by Crippen LogP contribution is 2.26. The minimum absolute atomic E-state index is 0. The van der Waals surface area contributed by atoms with Crippen LogP contribution < -0.4 is 16.0 Å². The summed E-state index contributed by atoms with van der Waals surface area (Å²) in [6, 6.07) is 5.13. The maximum atomic E-state index is 12.3. The average molecular weight is 399 g/mol. The number of rotatable bonds is 4. The lowest BCUT2D eigenvalue weighted by atomic mass is 10.1. The standard InChI is InChI=1S/C16H19ClN6O2.ClH/c1-10(24)19-14-3-2-11(8-13(14)17)20-16(25)15-9-23(22-21-15)12-4-6-18-7-5-12;/h2-3,8-9,12,18H,4-7H2,1H3,(H,19,24)(H,20,25);1H. The Labute approximate surface area is 162 Å². The molecule has 2 aromatic rings. The Bertz CT molecular complexity index is 789. The molecular weight excluding hydrogens is 379 g/mol. The monoisotopic (exact) mass is 398 g/mol. The molecule has 0 unspecified atom stereocenters. The van der Waals surface area contributed by atoms with E-state index in [1.165, 1.54) is 6.92 Å². The molecule has 0 atom stereocenters. The van der Waals surface area contributed by atoms with Gasteiger partial charge in [-0.3, -0.25) is 9.59 Å². The van der Waals surface area contributed by atoms with Gasteiger partial charge in [0.15, 0.2) is 5.69 Å². The third-order valence-corrected chi connectivity index (χ3v) is 4.28. The Hall–Kier alpha value is -2.16. The van der Waals surface area contributed by atoms with Crippen molar-refractivity contribution >= 4 is 47.2 Å². The number of hydrogen-bond acceptors (Lipinski definition) is 5. The number of nitrogens with zero attached hydrogens (tertiary/aromatic N) is 3. The molecule has 10 heteroatoms. The van der Waals surface area contributed by atoms with Gasteiger partial charge in [0.25, 0.3) is 5.91 Å². The minimum Gasteiger partial charge on any atom is -0.325 e. The molecule has 140 valence electrons. The molecule has 1 saturated heterocycles. The predicted molar refractivity (Wildman–Crippen MR) is 102 cm³/mol. The summed E-state index contributed by atoms with van der Waals surface area (Å²) in [7, 11) is 0. The summed E-state index contributed by atoms with van der Waals surface area (Å²) in [6.07, 6.45) is 3.59. The van der Waals surface area contributed by atoms with E-state index in [0.717, 1.165) is 25.9 Å². The van der Waals surface area contributed by atoms with Crippen molar-refractivity contribution in [3.05, 3.63) is 35.1 Å². The molecule has 1 aromatic heterocycles. The molecule has 26 heavy (non-hydrogen) atoms. The maximum absolute atomic E-state index is 12.3. The van der Waals surface area contributed by atoms with Crippen molar-refractivity contribution < 1.29 is 9.59 Å². The van der Waals surface area contributed by atoms with Crippen molar-refractivity contribution in [3.8, 4) is 0 Å². The van der Waals surface area contributed by atoms with Crippen molar-refractivity contribution in [2.24, 2.45) is 0 Å². The Balaban J connectivity index is 0.00000243. The van der Waals surface area contributed by atoms with Gasteiger partial charge in [0, 0.05) is 12.6 Å². The molecule has 1 fully saturated rings.